The monoisotopic (exact) mass is 144 g/mol. The zero-order valence-electron chi connectivity index (χ0n) is 5.32. The smallest absolute Gasteiger partial charge is 0.304 e. The Morgan fingerprint density at radius 3 is 2.40 bits per heavy atom. The SMILES string of the molecule is O=CCC(C=O)CC(=O)O. The molecular formula is C6H8O4. The summed E-state index contributed by atoms with van der Waals surface area (Å²) in [5.74, 6) is -1.71. The van der Waals surface area contributed by atoms with Crippen molar-refractivity contribution in [2.24, 2.45) is 5.92 Å². The average molecular weight is 144 g/mol. The largest absolute Gasteiger partial charge is 0.481 e. The van der Waals surface area contributed by atoms with Crippen LogP contribution in [0.4, 0.5) is 0 Å². The van der Waals surface area contributed by atoms with Crippen LogP contribution in [0.1, 0.15) is 12.8 Å². The second kappa shape index (κ2) is 4.67. The number of rotatable bonds is 5. The molecule has 4 nitrogen and oxygen atoms in total. The van der Waals surface area contributed by atoms with Gasteiger partial charge in [0.25, 0.3) is 0 Å². The van der Waals surface area contributed by atoms with Gasteiger partial charge in [-0.2, -0.15) is 0 Å². The molecule has 1 N–H and O–H groups in total. The Kier molecular flexibility index (Phi) is 4.11. The molecule has 0 heterocycles. The molecule has 56 valence electrons. The normalized spacial score (nSPS) is 12.0. The fourth-order valence-corrected chi connectivity index (χ4v) is 0.535. The summed E-state index contributed by atoms with van der Waals surface area (Å²) in [4.78, 5) is 29.8. The van der Waals surface area contributed by atoms with Crippen LogP contribution in [0.15, 0.2) is 0 Å². The minimum atomic E-state index is -1.06. The summed E-state index contributed by atoms with van der Waals surface area (Å²) >= 11 is 0. The second-order valence-corrected chi connectivity index (χ2v) is 1.90. The number of aldehydes is 2. The second-order valence-electron chi connectivity index (χ2n) is 1.90. The highest BCUT2D eigenvalue weighted by molar-refractivity contribution is 5.73. The van der Waals surface area contributed by atoms with E-state index in [1.807, 2.05) is 0 Å². The zero-order valence-corrected chi connectivity index (χ0v) is 5.32. The molecule has 0 saturated heterocycles. The van der Waals surface area contributed by atoms with Crippen molar-refractivity contribution in [3.05, 3.63) is 0 Å². The molecule has 0 fully saturated rings. The molecule has 0 spiro atoms. The molecule has 0 rings (SSSR count). The van der Waals surface area contributed by atoms with Crippen LogP contribution in [0.5, 0.6) is 0 Å². The van der Waals surface area contributed by atoms with Crippen molar-refractivity contribution in [1.82, 2.24) is 0 Å². The molecule has 0 bridgehead atoms. The van der Waals surface area contributed by atoms with E-state index in [0.717, 1.165) is 0 Å². The maximum absolute atomic E-state index is 10.0. The number of aliphatic carboxylic acids is 1. The van der Waals surface area contributed by atoms with Gasteiger partial charge < -0.3 is 14.7 Å². The van der Waals surface area contributed by atoms with Crippen LogP contribution < -0.4 is 0 Å². The first kappa shape index (κ1) is 8.81. The molecule has 0 aliphatic rings. The third kappa shape index (κ3) is 3.77. The molecule has 0 aromatic carbocycles. The van der Waals surface area contributed by atoms with Gasteiger partial charge in [-0.1, -0.05) is 0 Å². The van der Waals surface area contributed by atoms with E-state index in [0.29, 0.717) is 12.6 Å². The van der Waals surface area contributed by atoms with E-state index < -0.39 is 11.9 Å². The van der Waals surface area contributed by atoms with Crippen molar-refractivity contribution < 1.29 is 19.5 Å². The van der Waals surface area contributed by atoms with Crippen LogP contribution in [0.25, 0.3) is 0 Å². The molecule has 0 amide bonds. The lowest BCUT2D eigenvalue weighted by molar-refractivity contribution is -0.139. The lowest BCUT2D eigenvalue weighted by Crippen LogP contribution is -2.09. The van der Waals surface area contributed by atoms with E-state index in [1.54, 1.807) is 0 Å². The maximum Gasteiger partial charge on any atom is 0.304 e. The fraction of sp³-hybridized carbons (Fsp3) is 0.500. The van der Waals surface area contributed by atoms with Gasteiger partial charge in [0, 0.05) is 12.3 Å². The first-order valence-corrected chi connectivity index (χ1v) is 2.81. The Morgan fingerprint density at radius 1 is 1.50 bits per heavy atom. The van der Waals surface area contributed by atoms with Gasteiger partial charge in [0.05, 0.1) is 6.42 Å². The fourth-order valence-electron chi connectivity index (χ4n) is 0.535. The molecule has 0 aromatic heterocycles. The van der Waals surface area contributed by atoms with Crippen LogP contribution in [0, 0.1) is 5.92 Å². The number of carboxylic acid groups (broad SMARTS) is 1. The van der Waals surface area contributed by atoms with Crippen molar-refractivity contribution in [2.45, 2.75) is 12.8 Å². The topological polar surface area (TPSA) is 71.4 Å². The number of carboxylic acids is 1. The summed E-state index contributed by atoms with van der Waals surface area (Å²) in [5.41, 5.74) is 0. The molecule has 0 aliphatic heterocycles. The summed E-state index contributed by atoms with van der Waals surface area (Å²) in [5, 5.41) is 8.17. The quantitative estimate of drug-likeness (QED) is 0.545. The summed E-state index contributed by atoms with van der Waals surface area (Å²) in [7, 11) is 0. The third-order valence-electron chi connectivity index (χ3n) is 1.03. The lowest BCUT2D eigenvalue weighted by atomic mass is 10.1. The van der Waals surface area contributed by atoms with E-state index in [2.05, 4.69) is 0 Å². The van der Waals surface area contributed by atoms with E-state index in [-0.39, 0.29) is 12.8 Å². The minimum Gasteiger partial charge on any atom is -0.481 e. The Labute approximate surface area is 57.8 Å². The first-order valence-electron chi connectivity index (χ1n) is 2.81. The van der Waals surface area contributed by atoms with Crippen molar-refractivity contribution in [1.29, 1.82) is 0 Å². The van der Waals surface area contributed by atoms with Gasteiger partial charge in [0.1, 0.15) is 12.6 Å². The Balaban J connectivity index is 3.70. The van der Waals surface area contributed by atoms with Crippen LogP contribution >= 0.6 is 0 Å². The predicted molar refractivity (Wildman–Crippen MR) is 32.5 cm³/mol. The van der Waals surface area contributed by atoms with Gasteiger partial charge >= 0.3 is 5.97 Å². The van der Waals surface area contributed by atoms with E-state index in [9.17, 15) is 14.4 Å². The van der Waals surface area contributed by atoms with Crippen molar-refractivity contribution in [2.75, 3.05) is 0 Å². The lowest BCUT2D eigenvalue weighted by Gasteiger charge is -1.98. The van der Waals surface area contributed by atoms with E-state index >= 15 is 0 Å². The first-order chi connectivity index (χ1) is 4.70. The molecule has 0 radical (unpaired) electrons. The van der Waals surface area contributed by atoms with Gasteiger partial charge in [0.15, 0.2) is 0 Å². The van der Waals surface area contributed by atoms with Crippen LogP contribution in [-0.4, -0.2) is 23.6 Å². The standard InChI is InChI=1S/C6H8O4/c7-2-1-5(4-8)3-6(9)10/h2,4-5H,1,3H2,(H,9,10). The van der Waals surface area contributed by atoms with Gasteiger partial charge in [-0.05, 0) is 0 Å². The molecular weight excluding hydrogens is 136 g/mol. The maximum atomic E-state index is 10.0. The van der Waals surface area contributed by atoms with Gasteiger partial charge in [-0.15, -0.1) is 0 Å². The summed E-state index contributed by atoms with van der Waals surface area (Å²) in [6, 6.07) is 0. The number of hydrogen-bond acceptors (Lipinski definition) is 3. The van der Waals surface area contributed by atoms with Crippen LogP contribution in [-0.2, 0) is 14.4 Å². The van der Waals surface area contributed by atoms with Crippen LogP contribution in [0.2, 0.25) is 0 Å². The van der Waals surface area contributed by atoms with Gasteiger partial charge in [0.2, 0.25) is 0 Å². The van der Waals surface area contributed by atoms with E-state index in [1.165, 1.54) is 0 Å². The molecule has 0 aromatic rings. The number of carbonyl (C=O) groups is 3. The summed E-state index contributed by atoms with van der Waals surface area (Å²) in [6.07, 6.45) is 0.766. The Morgan fingerprint density at radius 2 is 2.10 bits per heavy atom. The van der Waals surface area contributed by atoms with E-state index in [4.69, 9.17) is 5.11 Å². The zero-order chi connectivity index (χ0) is 7.98. The highest BCUT2D eigenvalue weighted by Crippen LogP contribution is 2.01. The molecule has 4 heteroatoms. The minimum absolute atomic E-state index is 0.00417. The molecule has 1 unspecified atom stereocenters. The predicted octanol–water partition coefficient (Wildman–Crippen LogP) is -0.135. The summed E-state index contributed by atoms with van der Waals surface area (Å²) < 4.78 is 0. The summed E-state index contributed by atoms with van der Waals surface area (Å²) in [6.45, 7) is 0. The third-order valence-corrected chi connectivity index (χ3v) is 1.03. The average Bonchev–Trinajstić information content (AvgIpc) is 1.86. The number of carbonyl (C=O) groups excluding carboxylic acids is 2. The number of hydrogen-bond donors (Lipinski definition) is 1. The Hall–Kier alpha value is -1.19. The highest BCUT2D eigenvalue weighted by Gasteiger charge is 2.10. The molecule has 0 aliphatic carbocycles. The molecule has 0 saturated carbocycles. The molecule has 1 atom stereocenters. The molecule has 10 heavy (non-hydrogen) atoms. The van der Waals surface area contributed by atoms with Gasteiger partial charge in [-0.25, -0.2) is 0 Å². The van der Waals surface area contributed by atoms with Crippen molar-refractivity contribution in [3.63, 3.8) is 0 Å². The highest BCUT2D eigenvalue weighted by atomic mass is 16.4. The van der Waals surface area contributed by atoms with Crippen molar-refractivity contribution in [3.8, 4) is 0 Å². The van der Waals surface area contributed by atoms with Crippen LogP contribution in [0.3, 0.4) is 0 Å². The van der Waals surface area contributed by atoms with Crippen molar-refractivity contribution >= 4 is 18.5 Å². The Bertz CT molecular complexity index is 141. The van der Waals surface area contributed by atoms with Gasteiger partial charge in [-0.3, -0.25) is 4.79 Å².